The summed E-state index contributed by atoms with van der Waals surface area (Å²) in [6.45, 7) is 16.5. The van der Waals surface area contributed by atoms with Crippen molar-refractivity contribution in [2.24, 2.45) is 0 Å². The molecule has 0 unspecified atom stereocenters. The molecule has 1 atom stereocenters. The van der Waals surface area contributed by atoms with Crippen molar-refractivity contribution in [3.63, 3.8) is 0 Å². The van der Waals surface area contributed by atoms with E-state index in [0.717, 1.165) is 12.2 Å². The first-order chi connectivity index (χ1) is 18.9. The van der Waals surface area contributed by atoms with E-state index in [1.54, 1.807) is 37.8 Å². The Kier molecular flexibility index (Phi) is 15.7. The van der Waals surface area contributed by atoms with Crippen LogP contribution in [-0.2, 0) is 40.6 Å². The van der Waals surface area contributed by atoms with Crippen LogP contribution < -0.4 is 5.32 Å². The molecule has 1 aromatic carbocycles. The van der Waals surface area contributed by atoms with E-state index >= 15 is 0 Å². The van der Waals surface area contributed by atoms with Crippen molar-refractivity contribution in [1.29, 1.82) is 0 Å². The zero-order chi connectivity index (χ0) is 30.9. The summed E-state index contributed by atoms with van der Waals surface area (Å²) in [7, 11) is -5.56. The van der Waals surface area contributed by atoms with Gasteiger partial charge in [0.25, 0.3) is 10.1 Å². The third-order valence-electron chi connectivity index (χ3n) is 7.13. The Balaban J connectivity index is 0.000000450. The van der Waals surface area contributed by atoms with Gasteiger partial charge in [-0.05, 0) is 102 Å². The molecule has 2 saturated carbocycles. The monoisotopic (exact) mass is 655 g/mol. The van der Waals surface area contributed by atoms with Crippen molar-refractivity contribution in [2.45, 2.75) is 76.2 Å². The van der Waals surface area contributed by atoms with Gasteiger partial charge in [0.2, 0.25) is 5.91 Å². The van der Waals surface area contributed by atoms with Gasteiger partial charge < -0.3 is 14.8 Å². The molecule has 2 fully saturated rings. The van der Waals surface area contributed by atoms with Crippen molar-refractivity contribution in [1.82, 2.24) is 5.32 Å². The molecule has 230 valence electrons. The fourth-order valence-corrected chi connectivity index (χ4v) is 5.14. The summed E-state index contributed by atoms with van der Waals surface area (Å²) < 4.78 is 35.6. The largest absolute Gasteiger partial charge is 2.00 e. The van der Waals surface area contributed by atoms with E-state index in [2.05, 4.69) is 64.2 Å². The third-order valence-corrected chi connectivity index (χ3v) is 12.9. The third kappa shape index (κ3) is 12.9. The molecule has 42 heavy (non-hydrogen) atoms. The van der Waals surface area contributed by atoms with E-state index in [0.29, 0.717) is 11.0 Å². The molecule has 3 rings (SSSR count). The molecule has 2 aliphatic rings. The molecule has 0 bridgehead atoms. The minimum absolute atomic E-state index is 0. The Morgan fingerprint density at radius 2 is 1.50 bits per heavy atom. The first-order valence-corrected chi connectivity index (χ1v) is 18.0. The number of amides is 1. The predicted octanol–water partition coefficient (Wildman–Crippen LogP) is 5.33. The Morgan fingerprint density at radius 1 is 0.976 bits per heavy atom. The number of hydrogen-bond acceptors (Lipinski definition) is 6. The molecule has 10 heteroatoms. The molecule has 2 N–H and O–H groups in total. The Hall–Kier alpha value is -1.00. The summed E-state index contributed by atoms with van der Waals surface area (Å²) in [6.07, 6.45) is 19.2. The minimum atomic E-state index is -3.98. The van der Waals surface area contributed by atoms with Crippen LogP contribution in [0.5, 0.6) is 0 Å². The summed E-state index contributed by atoms with van der Waals surface area (Å²) in [6, 6.07) is 5.33. The number of carbonyl (C=O) groups is 1. The Morgan fingerprint density at radius 3 is 2.00 bits per heavy atom. The van der Waals surface area contributed by atoms with E-state index in [1.165, 1.54) is 31.9 Å². The van der Waals surface area contributed by atoms with Crippen LogP contribution in [0.1, 0.15) is 40.2 Å². The molecular weight excluding hydrogens is 610 g/mol. The molecule has 7 nitrogen and oxygen atoms in total. The number of aliphatic hydroxyl groups is 1. The van der Waals surface area contributed by atoms with Gasteiger partial charge in [-0.2, -0.15) is 8.42 Å². The Labute approximate surface area is 267 Å². The zero-order valence-electron chi connectivity index (χ0n) is 25.8. The molecule has 1 aromatic rings. The summed E-state index contributed by atoms with van der Waals surface area (Å²) in [5, 5.41) is 13.1. The normalized spacial score (nSPS) is 17.9. The molecule has 0 aliphatic heterocycles. The number of allylic oxidation sites excluding steroid dienone is 1. The van der Waals surface area contributed by atoms with Crippen LogP contribution in [0.25, 0.3) is 0 Å². The fourth-order valence-electron chi connectivity index (χ4n) is 3.28. The van der Waals surface area contributed by atoms with Gasteiger partial charge >= 0.3 is 17.1 Å². The summed E-state index contributed by atoms with van der Waals surface area (Å²) in [4.78, 5) is 12.2. The van der Waals surface area contributed by atoms with Gasteiger partial charge in [-0.25, -0.2) is 0 Å². The van der Waals surface area contributed by atoms with Crippen molar-refractivity contribution in [3.05, 3.63) is 105 Å². The smallest absolute Gasteiger partial charge is 0.413 e. The molecule has 10 radical (unpaired) electrons. The Bertz CT molecular complexity index is 1080. The van der Waals surface area contributed by atoms with Crippen LogP contribution in [0.15, 0.2) is 41.3 Å². The zero-order valence-corrected chi connectivity index (χ0v) is 28.7. The first kappa shape index (κ1) is 39.0. The van der Waals surface area contributed by atoms with Crippen LogP contribution in [0, 0.1) is 70.1 Å². The predicted molar refractivity (Wildman–Crippen MR) is 166 cm³/mol. The van der Waals surface area contributed by atoms with Gasteiger partial charge in [-0.3, -0.25) is 8.98 Å². The average molecular weight is 656 g/mol. The topological polar surface area (TPSA) is 102 Å². The van der Waals surface area contributed by atoms with E-state index in [4.69, 9.17) is 8.61 Å². The van der Waals surface area contributed by atoms with Crippen molar-refractivity contribution < 1.29 is 44.0 Å². The quantitative estimate of drug-likeness (QED) is 0.247. The second-order valence-electron chi connectivity index (χ2n) is 12.1. The van der Waals surface area contributed by atoms with Gasteiger partial charge in [0, 0.05) is 5.92 Å². The van der Waals surface area contributed by atoms with E-state index in [-0.39, 0.29) is 28.6 Å². The van der Waals surface area contributed by atoms with Gasteiger partial charge in [0.1, 0.15) is 0 Å². The van der Waals surface area contributed by atoms with Gasteiger partial charge in [0.15, 0.2) is 8.32 Å². The van der Waals surface area contributed by atoms with Gasteiger partial charge in [-0.1, -0.05) is 50.6 Å². The van der Waals surface area contributed by atoms with Gasteiger partial charge in [-0.15, -0.1) is 0 Å². The molecule has 0 aromatic heterocycles. The number of rotatable bonds is 11. The molecule has 2 aliphatic carbocycles. The average Bonchev–Trinajstić information content (AvgIpc) is 3.58. The van der Waals surface area contributed by atoms with Crippen LogP contribution in [0.4, 0.5) is 0 Å². The van der Waals surface area contributed by atoms with E-state index in [1.807, 2.05) is 19.8 Å². The second kappa shape index (κ2) is 16.9. The summed E-state index contributed by atoms with van der Waals surface area (Å²) in [5.41, 5.74) is -0.444. The first-order valence-electron chi connectivity index (χ1n) is 13.7. The van der Waals surface area contributed by atoms with Crippen LogP contribution in [-0.4, -0.2) is 52.6 Å². The van der Waals surface area contributed by atoms with Crippen molar-refractivity contribution in [3.8, 4) is 0 Å². The maximum Gasteiger partial charge on any atom is 2.00 e. The number of hydrogen-bond donors (Lipinski definition) is 2. The second-order valence-corrected chi connectivity index (χ2v) is 18.5. The van der Waals surface area contributed by atoms with E-state index < -0.39 is 36.0 Å². The molecule has 0 saturated heterocycles. The standard InChI is InChI=1S/C18H22NO5S.C14H23OSi.Fe/c1-13-8-10-15(11-9-13)25(22,23)24-12-16(18(2,3)21)19-17(20)14-6-4-5-7-14;1-14(2,3)16(4,5)15-12-8-11-13-9-6-7-10-13;/h4-11,16,21H,12H2,1-3H3,(H,19,20);6-11H,12H2,1-5H3;/q;;+2/b;11-8+;/t16-;;/m0../s1. The molecule has 0 spiro atoms. The van der Waals surface area contributed by atoms with Crippen molar-refractivity contribution >= 4 is 24.3 Å². The van der Waals surface area contributed by atoms with Crippen LogP contribution >= 0.6 is 0 Å². The minimum Gasteiger partial charge on any atom is -0.413 e. The summed E-state index contributed by atoms with van der Waals surface area (Å²) >= 11 is 0. The number of aryl methyl sites for hydroxylation is 1. The van der Waals surface area contributed by atoms with E-state index in [9.17, 15) is 18.3 Å². The molecule has 1 amide bonds. The maximum absolute atomic E-state index is 12.3. The fraction of sp³-hybridized carbons (Fsp3) is 0.406. The SMILES string of the molecule is CC(C)(C)[Si](C)(C)OC/C=C/[C]1[CH][CH][CH][CH]1.Cc1ccc(S(=O)(=O)OC[C@H](NC(=O)[C]2[CH][CH][CH][CH]2)C(C)(C)O)cc1.[Fe+2]. The maximum atomic E-state index is 12.3. The van der Waals surface area contributed by atoms with Crippen molar-refractivity contribution in [2.75, 3.05) is 13.2 Å². The van der Waals surface area contributed by atoms with Crippen LogP contribution in [0.3, 0.4) is 0 Å². The number of benzene rings is 1. The molecular formula is C32H45FeNO6SSi+2. The van der Waals surface area contributed by atoms with Gasteiger partial charge in [0.05, 0.1) is 35.7 Å². The summed E-state index contributed by atoms with van der Waals surface area (Å²) in [5.74, 6) is 1.27. The molecule has 0 heterocycles. The number of carbonyl (C=O) groups excluding carboxylic acids is 1. The van der Waals surface area contributed by atoms with Crippen LogP contribution in [0.2, 0.25) is 18.1 Å². The number of nitrogens with one attached hydrogen (secondary N) is 1.